The molecule has 0 saturated carbocycles. The number of hydrazone groups is 1. The minimum atomic E-state index is -4.09. The lowest BCUT2D eigenvalue weighted by Crippen LogP contribution is -2.18. The third-order valence-electron chi connectivity index (χ3n) is 4.32. The first-order valence-electron chi connectivity index (χ1n) is 9.77. The normalized spacial score (nSPS) is 11.2. The Kier molecular flexibility index (Phi) is 7.92. The summed E-state index contributed by atoms with van der Waals surface area (Å²) in [6, 6.07) is 16.7. The van der Waals surface area contributed by atoms with Gasteiger partial charge >= 0.3 is 10.1 Å². The van der Waals surface area contributed by atoms with Crippen LogP contribution < -0.4 is 19.1 Å². The number of hydrogen-bond acceptors (Lipinski definition) is 7. The van der Waals surface area contributed by atoms with E-state index < -0.39 is 16.0 Å². The van der Waals surface area contributed by atoms with Crippen molar-refractivity contribution in [3.05, 3.63) is 82.9 Å². The topological polar surface area (TPSA) is 103 Å². The third-order valence-corrected chi connectivity index (χ3v) is 5.82. The minimum Gasteiger partial charge on any atom is -0.493 e. The maximum Gasteiger partial charge on any atom is 0.339 e. The molecule has 0 aliphatic rings. The lowest BCUT2D eigenvalue weighted by atomic mass is 10.2. The van der Waals surface area contributed by atoms with Crippen molar-refractivity contribution in [2.24, 2.45) is 5.10 Å². The van der Waals surface area contributed by atoms with Gasteiger partial charge in [0.25, 0.3) is 5.91 Å². The molecule has 3 aromatic carbocycles. The summed E-state index contributed by atoms with van der Waals surface area (Å²) in [5, 5.41) is 4.33. The van der Waals surface area contributed by atoms with Crippen LogP contribution in [0.1, 0.15) is 22.8 Å². The highest BCUT2D eigenvalue weighted by Crippen LogP contribution is 2.28. The van der Waals surface area contributed by atoms with Gasteiger partial charge in [-0.25, -0.2) is 5.43 Å². The van der Waals surface area contributed by atoms with E-state index in [0.717, 1.165) is 0 Å². The summed E-state index contributed by atoms with van der Waals surface area (Å²) in [5.74, 6) is 0.503. The molecule has 0 aromatic heterocycles. The first-order valence-corrected chi connectivity index (χ1v) is 11.6. The highest BCUT2D eigenvalue weighted by molar-refractivity contribution is 7.87. The second-order valence-electron chi connectivity index (χ2n) is 6.53. The molecule has 0 aliphatic heterocycles. The molecule has 0 aliphatic carbocycles. The van der Waals surface area contributed by atoms with Crippen LogP contribution in [0, 0.1) is 0 Å². The number of rotatable bonds is 9. The van der Waals surface area contributed by atoms with E-state index in [4.69, 9.17) is 25.3 Å². The predicted molar refractivity (Wildman–Crippen MR) is 125 cm³/mol. The number of carbonyl (C=O) groups is 1. The molecule has 3 aromatic rings. The first kappa shape index (κ1) is 24.1. The second kappa shape index (κ2) is 10.8. The van der Waals surface area contributed by atoms with Crippen LogP contribution >= 0.6 is 11.6 Å². The molecule has 1 N–H and O–H groups in total. The Labute approximate surface area is 196 Å². The van der Waals surface area contributed by atoms with E-state index in [2.05, 4.69) is 10.5 Å². The highest BCUT2D eigenvalue weighted by atomic mass is 35.5. The largest absolute Gasteiger partial charge is 0.493 e. The molecule has 0 bridgehead atoms. The van der Waals surface area contributed by atoms with Crippen molar-refractivity contribution in [2.75, 3.05) is 13.7 Å². The highest BCUT2D eigenvalue weighted by Gasteiger charge is 2.18. The fraction of sp³-hybridized carbons (Fsp3) is 0.130. The van der Waals surface area contributed by atoms with Gasteiger partial charge in [0.2, 0.25) is 0 Å². The monoisotopic (exact) mass is 488 g/mol. The maximum absolute atomic E-state index is 12.6. The summed E-state index contributed by atoms with van der Waals surface area (Å²) < 4.78 is 41.1. The predicted octanol–water partition coefficient (Wildman–Crippen LogP) is 4.28. The van der Waals surface area contributed by atoms with Crippen LogP contribution in [-0.2, 0) is 10.1 Å². The summed E-state index contributed by atoms with van der Waals surface area (Å²) >= 11 is 5.81. The van der Waals surface area contributed by atoms with Gasteiger partial charge in [0.05, 0.1) is 19.9 Å². The van der Waals surface area contributed by atoms with Gasteiger partial charge in [0, 0.05) is 16.1 Å². The van der Waals surface area contributed by atoms with Crippen molar-refractivity contribution in [1.29, 1.82) is 0 Å². The molecule has 0 spiro atoms. The summed E-state index contributed by atoms with van der Waals surface area (Å²) in [5.41, 5.74) is 3.06. The van der Waals surface area contributed by atoms with Crippen LogP contribution in [-0.4, -0.2) is 34.3 Å². The lowest BCUT2D eigenvalue weighted by molar-refractivity contribution is 0.0954. The number of amides is 1. The molecule has 10 heteroatoms. The Bertz CT molecular complexity index is 1260. The Morgan fingerprint density at radius 3 is 2.45 bits per heavy atom. The van der Waals surface area contributed by atoms with Gasteiger partial charge in [-0.3, -0.25) is 4.79 Å². The van der Waals surface area contributed by atoms with E-state index in [9.17, 15) is 13.2 Å². The van der Waals surface area contributed by atoms with Crippen LogP contribution in [0.3, 0.4) is 0 Å². The average molecular weight is 489 g/mol. The Morgan fingerprint density at radius 2 is 1.76 bits per heavy atom. The summed E-state index contributed by atoms with van der Waals surface area (Å²) in [6.07, 6.45) is 1.29. The second-order valence-corrected chi connectivity index (χ2v) is 8.51. The molecule has 3 rings (SSSR count). The number of halogens is 1. The molecule has 0 atom stereocenters. The Hall–Kier alpha value is -3.56. The summed E-state index contributed by atoms with van der Waals surface area (Å²) in [6.45, 7) is 2.23. The van der Waals surface area contributed by atoms with Gasteiger partial charge in [-0.15, -0.1) is 0 Å². The van der Waals surface area contributed by atoms with Crippen molar-refractivity contribution in [2.45, 2.75) is 11.8 Å². The smallest absolute Gasteiger partial charge is 0.339 e. The van der Waals surface area contributed by atoms with Gasteiger partial charge in [-0.05, 0) is 61.5 Å². The van der Waals surface area contributed by atoms with E-state index in [-0.39, 0.29) is 10.6 Å². The zero-order valence-electron chi connectivity index (χ0n) is 17.8. The van der Waals surface area contributed by atoms with Crippen molar-refractivity contribution in [3.63, 3.8) is 0 Å². The number of hydrogen-bond donors (Lipinski definition) is 1. The summed E-state index contributed by atoms with van der Waals surface area (Å²) in [4.78, 5) is 12.4. The van der Waals surface area contributed by atoms with Crippen molar-refractivity contribution < 1.29 is 26.9 Å². The van der Waals surface area contributed by atoms with Crippen molar-refractivity contribution >= 4 is 33.8 Å². The van der Waals surface area contributed by atoms with Crippen LogP contribution in [0.15, 0.2) is 76.7 Å². The quantitative estimate of drug-likeness (QED) is 0.274. The molecular formula is C23H21ClN2O6S. The molecule has 0 saturated heterocycles. The van der Waals surface area contributed by atoms with Crippen LogP contribution in [0.2, 0.25) is 5.02 Å². The van der Waals surface area contributed by atoms with Gasteiger partial charge < -0.3 is 13.7 Å². The number of methoxy groups -OCH3 is 1. The van der Waals surface area contributed by atoms with Crippen molar-refractivity contribution in [1.82, 2.24) is 5.43 Å². The lowest BCUT2D eigenvalue weighted by Gasteiger charge is -2.10. The molecule has 0 heterocycles. The number of nitrogens with one attached hydrogen (secondary N) is 1. The Balaban J connectivity index is 1.74. The SMILES string of the molecule is CCOc1cc(C(=O)N/N=C/c2ccccc2OS(=O)(=O)c2ccc(Cl)cc2)ccc1OC. The number of benzene rings is 3. The van der Waals surface area contributed by atoms with Gasteiger partial charge in [0.1, 0.15) is 4.90 Å². The van der Waals surface area contributed by atoms with Crippen LogP contribution in [0.25, 0.3) is 0 Å². The molecule has 0 fully saturated rings. The summed E-state index contributed by atoms with van der Waals surface area (Å²) in [7, 11) is -2.58. The van der Waals surface area contributed by atoms with Crippen LogP contribution in [0.5, 0.6) is 17.2 Å². The zero-order chi connectivity index (χ0) is 23.8. The van der Waals surface area contributed by atoms with E-state index in [0.29, 0.717) is 34.3 Å². The van der Waals surface area contributed by atoms with Gasteiger partial charge in [0.15, 0.2) is 17.2 Å². The maximum atomic E-state index is 12.6. The Morgan fingerprint density at radius 1 is 1.03 bits per heavy atom. The van der Waals surface area contributed by atoms with E-state index in [1.165, 1.54) is 43.7 Å². The molecular weight excluding hydrogens is 468 g/mol. The van der Waals surface area contributed by atoms with Gasteiger partial charge in [-0.1, -0.05) is 23.7 Å². The van der Waals surface area contributed by atoms with E-state index in [1.807, 2.05) is 6.92 Å². The number of para-hydroxylation sites is 1. The standard InChI is InChI=1S/C23H21ClN2O6S/c1-3-31-22-14-16(8-13-21(22)30-2)23(27)26-25-15-17-6-4-5-7-20(17)32-33(28,29)19-11-9-18(24)10-12-19/h4-15H,3H2,1-2H3,(H,26,27)/b25-15+. The number of nitrogens with zero attached hydrogens (tertiary/aromatic N) is 1. The fourth-order valence-corrected chi connectivity index (χ4v) is 3.82. The van der Waals surface area contributed by atoms with Crippen LogP contribution in [0.4, 0.5) is 0 Å². The minimum absolute atomic E-state index is 0.0449. The molecule has 1 amide bonds. The fourth-order valence-electron chi connectivity index (χ4n) is 2.74. The first-order chi connectivity index (χ1) is 15.8. The number of carbonyl (C=O) groups excluding carboxylic acids is 1. The molecule has 172 valence electrons. The zero-order valence-corrected chi connectivity index (χ0v) is 19.4. The number of ether oxygens (including phenoxy) is 2. The molecule has 0 unspecified atom stereocenters. The van der Waals surface area contributed by atoms with Gasteiger partial charge in [-0.2, -0.15) is 13.5 Å². The van der Waals surface area contributed by atoms with E-state index in [1.54, 1.807) is 36.4 Å². The molecule has 0 radical (unpaired) electrons. The average Bonchev–Trinajstić information content (AvgIpc) is 2.80. The molecule has 33 heavy (non-hydrogen) atoms. The third kappa shape index (κ3) is 6.24. The van der Waals surface area contributed by atoms with E-state index >= 15 is 0 Å². The molecule has 8 nitrogen and oxygen atoms in total. The van der Waals surface area contributed by atoms with Crippen molar-refractivity contribution in [3.8, 4) is 17.2 Å².